The smallest absolute Gasteiger partial charge is 0.308 e. The van der Waals surface area contributed by atoms with Gasteiger partial charge in [0.25, 0.3) is 0 Å². The molecule has 0 saturated carbocycles. The summed E-state index contributed by atoms with van der Waals surface area (Å²) in [6.07, 6.45) is -22.2. The molecular formula is C52H95NO21Si. The Hall–Kier alpha value is -2.46. The molecule has 3 aliphatic heterocycles. The molecule has 23 heteroatoms. The van der Waals surface area contributed by atoms with E-state index in [-0.39, 0.29) is 38.5 Å². The Labute approximate surface area is 446 Å². The van der Waals surface area contributed by atoms with Gasteiger partial charge in [0.1, 0.15) is 36.6 Å². The van der Waals surface area contributed by atoms with Crippen LogP contribution in [0.25, 0.3) is 0 Å². The van der Waals surface area contributed by atoms with Crippen LogP contribution in [0.4, 0.5) is 0 Å². The summed E-state index contributed by atoms with van der Waals surface area (Å²) in [5, 5.41) is 57.8. The maximum absolute atomic E-state index is 13.6. The van der Waals surface area contributed by atoms with Gasteiger partial charge < -0.3 is 87.0 Å². The van der Waals surface area contributed by atoms with Gasteiger partial charge in [0.2, 0.25) is 0 Å². The van der Waals surface area contributed by atoms with Crippen LogP contribution in [0.15, 0.2) is 0 Å². The number of methoxy groups -OCH3 is 3. The van der Waals surface area contributed by atoms with E-state index in [4.69, 9.17) is 56.5 Å². The Morgan fingerprint density at radius 1 is 0.800 bits per heavy atom. The summed E-state index contributed by atoms with van der Waals surface area (Å²) in [4.78, 5) is 54.3. The van der Waals surface area contributed by atoms with E-state index in [1.165, 1.54) is 35.2 Å². The minimum atomic E-state index is -2.80. The zero-order chi connectivity index (χ0) is 57.1. The van der Waals surface area contributed by atoms with Gasteiger partial charge in [-0.2, -0.15) is 0 Å². The molecule has 3 heterocycles. The number of ether oxygens (including phenoxy) is 11. The lowest BCUT2D eigenvalue weighted by Gasteiger charge is -2.51. The van der Waals surface area contributed by atoms with E-state index < -0.39 is 171 Å². The van der Waals surface area contributed by atoms with Gasteiger partial charge in [0.15, 0.2) is 45.0 Å². The van der Waals surface area contributed by atoms with Gasteiger partial charge in [0, 0.05) is 60.4 Å². The number of rotatable bonds is 18. The quantitative estimate of drug-likeness (QED) is 0.0568. The normalized spacial score (nSPS) is 38.2. The average Bonchev–Trinajstić information content (AvgIpc) is 3.30. The third kappa shape index (κ3) is 18.0. The molecule has 3 rings (SSSR count). The van der Waals surface area contributed by atoms with Crippen LogP contribution in [-0.4, -0.2) is 214 Å². The number of carbonyl (C=O) groups is 4. The van der Waals surface area contributed by atoms with Crippen molar-refractivity contribution in [2.24, 2.45) is 11.8 Å². The summed E-state index contributed by atoms with van der Waals surface area (Å²) < 4.78 is 75.0. The minimum absolute atomic E-state index is 0.0273. The molecular weight excluding hydrogens is 1000 g/mol. The number of cyclic esters (lactones) is 1. The maximum Gasteiger partial charge on any atom is 0.308 e. The van der Waals surface area contributed by atoms with Gasteiger partial charge in [-0.05, 0) is 84.6 Å². The topological polar surface area (TPSA) is 283 Å². The van der Waals surface area contributed by atoms with Crippen LogP contribution in [0, 0.1) is 11.8 Å². The maximum atomic E-state index is 13.6. The summed E-state index contributed by atoms with van der Waals surface area (Å²) >= 11 is 0. The largest absolute Gasteiger partial charge is 0.462 e. The monoisotopic (exact) mass is 1100 g/mol. The highest BCUT2D eigenvalue weighted by atomic mass is 28.4. The molecule has 20 atom stereocenters. The highest BCUT2D eigenvalue weighted by Gasteiger charge is 2.56. The molecule has 5 N–H and O–H groups in total. The summed E-state index contributed by atoms with van der Waals surface area (Å²) in [7, 11) is 4.91. The molecule has 0 aromatic heterocycles. The molecule has 0 aliphatic carbocycles. The molecule has 0 amide bonds. The van der Waals surface area contributed by atoms with Crippen LogP contribution in [0.5, 0.6) is 0 Å². The van der Waals surface area contributed by atoms with Crippen molar-refractivity contribution >= 4 is 32.2 Å². The Morgan fingerprint density at radius 3 is 1.96 bits per heavy atom. The van der Waals surface area contributed by atoms with Gasteiger partial charge in [-0.1, -0.05) is 41.5 Å². The predicted octanol–water partition coefficient (Wildman–Crippen LogP) is 3.51. The molecule has 0 bridgehead atoms. The fourth-order valence-electron chi connectivity index (χ4n) is 10.2. The first kappa shape index (κ1) is 66.8. The van der Waals surface area contributed by atoms with E-state index in [1.807, 2.05) is 40.8 Å². The Morgan fingerprint density at radius 2 is 1.43 bits per heavy atom. The van der Waals surface area contributed by atoms with Crippen molar-refractivity contribution in [3.8, 4) is 0 Å². The average molecular weight is 1100 g/mol. The van der Waals surface area contributed by atoms with E-state index in [1.54, 1.807) is 53.6 Å². The van der Waals surface area contributed by atoms with Crippen molar-refractivity contribution in [1.29, 1.82) is 0 Å². The number of aliphatic hydroxyl groups is 5. The van der Waals surface area contributed by atoms with Crippen LogP contribution >= 0.6 is 0 Å². The van der Waals surface area contributed by atoms with Crippen LogP contribution in [0.3, 0.4) is 0 Å². The standard InChI is InChI=1S/C52H95NO21Si/c1-19-21-36(58)70-49-30(6)67-39(26-52(49,11)73-35(57)20-2)71-45-29(5)68-50(48(69-31(7)54)40(45)53(12)13)72-46-32(24-38(63-14)64-15)22-27(3)44(74-75(17,18)51(8,9)10)43(62)42(61)41(60)33(55)23-28(4)66-37(59)25-34(56)47(46)65-16/h27-30,32-34,38-50,55-56,60-62H,19-26H2,1-18H3/t27-,28-,29-,30+,32-,33?,34-,39+,40+,41?,42?,43?,44-,45-,46+,47+,48-,49+,50+,52-/m1/s1. The fraction of sp³-hybridized carbons (Fsp3) is 0.923. The first-order valence-electron chi connectivity index (χ1n) is 26.5. The van der Waals surface area contributed by atoms with Gasteiger partial charge in [0.05, 0.1) is 49.1 Å². The highest BCUT2D eigenvalue weighted by Crippen LogP contribution is 2.43. The van der Waals surface area contributed by atoms with Gasteiger partial charge in [-0.25, -0.2) is 0 Å². The number of aliphatic hydroxyl groups excluding tert-OH is 5. The second kappa shape index (κ2) is 29.1. The molecule has 75 heavy (non-hydrogen) atoms. The lowest BCUT2D eigenvalue weighted by Crippen LogP contribution is -2.67. The number of hydrogen-bond acceptors (Lipinski definition) is 22. The SMILES string of the molecule is CCCC(=O)O[C@H]1[C@H](C)O[C@@H](O[C@H]2[C@H](N(C)C)[C@@H](OC(C)=O)[C@H](O[C@H]3[C@@H](CC(OC)OC)C[C@@H](C)[C@@H](O[Si](C)(C)C(C)(C)C)C(O)C(O)C(O)C(O)C[C@@H](C)OC(=O)C[C@@H](O)[C@@H]3OC)O[C@@H]2C)C[C@@]1(C)OC(=O)CC. The molecule has 3 aliphatic rings. The minimum Gasteiger partial charge on any atom is -0.462 e. The van der Waals surface area contributed by atoms with Crippen molar-refractivity contribution in [2.45, 2.75) is 262 Å². The molecule has 22 nitrogen and oxygen atoms in total. The Bertz CT molecular complexity index is 1780. The van der Waals surface area contributed by atoms with E-state index >= 15 is 0 Å². The second-order valence-electron chi connectivity index (χ2n) is 22.7. The van der Waals surface area contributed by atoms with Gasteiger partial charge >= 0.3 is 23.9 Å². The van der Waals surface area contributed by atoms with E-state index in [2.05, 4.69) is 0 Å². The number of carbonyl (C=O) groups excluding carboxylic acids is 4. The zero-order valence-corrected chi connectivity index (χ0v) is 48.9. The van der Waals surface area contributed by atoms with Crippen molar-refractivity contribution in [3.63, 3.8) is 0 Å². The van der Waals surface area contributed by atoms with Crippen LogP contribution < -0.4 is 0 Å². The predicted molar refractivity (Wildman–Crippen MR) is 273 cm³/mol. The molecule has 438 valence electrons. The molecule has 0 aromatic rings. The van der Waals surface area contributed by atoms with E-state index in [9.17, 15) is 44.7 Å². The van der Waals surface area contributed by atoms with Gasteiger partial charge in [-0.3, -0.25) is 19.2 Å². The van der Waals surface area contributed by atoms with Crippen molar-refractivity contribution in [2.75, 3.05) is 35.4 Å². The number of likely N-dealkylation sites (N-methyl/N-ethyl adjacent to an activating group) is 1. The number of nitrogens with zero attached hydrogens (tertiary/aromatic N) is 1. The lowest BCUT2D eigenvalue weighted by molar-refractivity contribution is -0.346. The molecule has 3 fully saturated rings. The molecule has 0 aromatic carbocycles. The van der Waals surface area contributed by atoms with Crippen molar-refractivity contribution in [3.05, 3.63) is 0 Å². The van der Waals surface area contributed by atoms with Crippen LogP contribution in [0.1, 0.15) is 128 Å². The lowest BCUT2D eigenvalue weighted by atomic mass is 9.80. The van der Waals surface area contributed by atoms with Crippen LogP contribution in [-0.2, 0) is 75.7 Å². The first-order chi connectivity index (χ1) is 34.8. The summed E-state index contributed by atoms with van der Waals surface area (Å²) in [5.74, 6) is -4.12. The molecule has 3 saturated heterocycles. The third-order valence-corrected chi connectivity index (χ3v) is 19.7. The third-order valence-electron chi connectivity index (χ3n) is 15.2. The summed E-state index contributed by atoms with van der Waals surface area (Å²) in [6.45, 7) is 23.1. The zero-order valence-electron chi connectivity index (χ0n) is 47.9. The van der Waals surface area contributed by atoms with E-state index in [0.29, 0.717) is 6.42 Å². The van der Waals surface area contributed by atoms with Gasteiger partial charge in [-0.15, -0.1) is 0 Å². The molecule has 0 spiro atoms. The number of esters is 4. The summed E-state index contributed by atoms with van der Waals surface area (Å²) in [5.41, 5.74) is -1.38. The molecule has 0 radical (unpaired) electrons. The fourth-order valence-corrected chi connectivity index (χ4v) is 11.6. The molecule has 4 unspecified atom stereocenters. The first-order valence-corrected chi connectivity index (χ1v) is 29.4. The Kier molecular flexibility index (Phi) is 26.0. The van der Waals surface area contributed by atoms with Crippen LogP contribution in [0.2, 0.25) is 18.1 Å². The highest BCUT2D eigenvalue weighted by molar-refractivity contribution is 6.74. The Balaban J connectivity index is 2.26. The summed E-state index contributed by atoms with van der Waals surface area (Å²) in [6, 6.07) is -0.858. The van der Waals surface area contributed by atoms with Crippen molar-refractivity contribution < 1.29 is 101 Å². The van der Waals surface area contributed by atoms with E-state index in [0.717, 1.165) is 0 Å². The van der Waals surface area contributed by atoms with Crippen molar-refractivity contribution in [1.82, 2.24) is 4.90 Å². The number of hydrogen-bond donors (Lipinski definition) is 5. The second-order valence-corrected chi connectivity index (χ2v) is 27.5.